The van der Waals surface area contributed by atoms with Crippen LogP contribution in [0.15, 0.2) is 12.7 Å². The maximum atomic E-state index is 3.76. The Morgan fingerprint density at radius 2 is 2.20 bits per heavy atom. The highest BCUT2D eigenvalue weighted by molar-refractivity contribution is 4.86. The molecule has 58 valence electrons. The van der Waals surface area contributed by atoms with Crippen LogP contribution in [0.4, 0.5) is 0 Å². The molecule has 0 aliphatic heterocycles. The van der Waals surface area contributed by atoms with Gasteiger partial charge in [-0.25, -0.2) is 0 Å². The predicted molar refractivity (Wildman–Crippen MR) is 45.0 cm³/mol. The van der Waals surface area contributed by atoms with Gasteiger partial charge < -0.3 is 5.32 Å². The van der Waals surface area contributed by atoms with Crippen molar-refractivity contribution in [2.24, 2.45) is 11.8 Å². The molecule has 0 spiro atoms. The van der Waals surface area contributed by atoms with Gasteiger partial charge in [0.25, 0.3) is 0 Å². The Morgan fingerprint density at radius 3 is 2.60 bits per heavy atom. The normalized spacial score (nSPS) is 31.3. The lowest BCUT2D eigenvalue weighted by atomic mass is 9.72. The average Bonchev–Trinajstić information content (AvgIpc) is 1.93. The van der Waals surface area contributed by atoms with E-state index in [9.17, 15) is 0 Å². The minimum Gasteiger partial charge on any atom is -0.319 e. The van der Waals surface area contributed by atoms with E-state index in [4.69, 9.17) is 0 Å². The Kier molecular flexibility index (Phi) is 2.94. The summed E-state index contributed by atoms with van der Waals surface area (Å²) in [4.78, 5) is 0. The standard InChI is InChI=1S/C9H17N/c1-3-4-8-5-6-9(8)7-10-2/h3,8-10H,1,4-7H2,2H3. The third kappa shape index (κ3) is 1.60. The molecule has 0 bridgehead atoms. The van der Waals surface area contributed by atoms with Gasteiger partial charge in [0.2, 0.25) is 0 Å². The number of nitrogens with one attached hydrogen (secondary N) is 1. The summed E-state index contributed by atoms with van der Waals surface area (Å²) in [6.45, 7) is 4.95. The summed E-state index contributed by atoms with van der Waals surface area (Å²) >= 11 is 0. The molecule has 0 aromatic rings. The third-order valence-electron chi connectivity index (χ3n) is 2.51. The summed E-state index contributed by atoms with van der Waals surface area (Å²) < 4.78 is 0. The molecule has 0 heterocycles. The van der Waals surface area contributed by atoms with E-state index in [1.165, 1.54) is 25.8 Å². The van der Waals surface area contributed by atoms with Crippen LogP contribution in [-0.4, -0.2) is 13.6 Å². The average molecular weight is 139 g/mol. The molecule has 1 N–H and O–H groups in total. The molecule has 0 aromatic carbocycles. The lowest BCUT2D eigenvalue weighted by Gasteiger charge is -2.35. The van der Waals surface area contributed by atoms with Gasteiger partial charge in [-0.15, -0.1) is 6.58 Å². The zero-order chi connectivity index (χ0) is 7.40. The highest BCUT2D eigenvalue weighted by atomic mass is 14.8. The van der Waals surface area contributed by atoms with Gasteiger partial charge in [-0.3, -0.25) is 0 Å². The van der Waals surface area contributed by atoms with E-state index < -0.39 is 0 Å². The second-order valence-electron chi connectivity index (χ2n) is 3.18. The molecule has 1 nitrogen and oxygen atoms in total. The lowest BCUT2D eigenvalue weighted by molar-refractivity contribution is 0.177. The smallest absolute Gasteiger partial charge is 0.00208 e. The Morgan fingerprint density at radius 1 is 1.50 bits per heavy atom. The first-order chi connectivity index (χ1) is 4.88. The van der Waals surface area contributed by atoms with Gasteiger partial charge >= 0.3 is 0 Å². The molecule has 1 saturated carbocycles. The van der Waals surface area contributed by atoms with Crippen molar-refractivity contribution in [3.05, 3.63) is 12.7 Å². The van der Waals surface area contributed by atoms with Crippen LogP contribution in [0.3, 0.4) is 0 Å². The van der Waals surface area contributed by atoms with Crippen LogP contribution >= 0.6 is 0 Å². The Hall–Kier alpha value is -0.300. The van der Waals surface area contributed by atoms with Gasteiger partial charge in [0.15, 0.2) is 0 Å². The molecule has 2 atom stereocenters. The summed E-state index contributed by atoms with van der Waals surface area (Å²) in [6, 6.07) is 0. The summed E-state index contributed by atoms with van der Waals surface area (Å²) in [5.74, 6) is 1.87. The summed E-state index contributed by atoms with van der Waals surface area (Å²) in [5, 5.41) is 3.22. The first-order valence-corrected chi connectivity index (χ1v) is 4.14. The highest BCUT2D eigenvalue weighted by Crippen LogP contribution is 2.36. The van der Waals surface area contributed by atoms with Gasteiger partial charge in [-0.2, -0.15) is 0 Å². The fraction of sp³-hybridized carbons (Fsp3) is 0.778. The van der Waals surface area contributed by atoms with Crippen molar-refractivity contribution in [1.82, 2.24) is 5.32 Å². The Labute approximate surface area is 63.5 Å². The summed E-state index contributed by atoms with van der Waals surface area (Å²) in [7, 11) is 2.03. The molecule has 0 aromatic heterocycles. The quantitative estimate of drug-likeness (QED) is 0.586. The van der Waals surface area contributed by atoms with Crippen LogP contribution < -0.4 is 5.32 Å². The van der Waals surface area contributed by atoms with Crippen LogP contribution in [0.5, 0.6) is 0 Å². The predicted octanol–water partition coefficient (Wildman–Crippen LogP) is 1.81. The molecule has 1 aliphatic carbocycles. The van der Waals surface area contributed by atoms with Crippen LogP contribution in [0, 0.1) is 11.8 Å². The number of hydrogen-bond donors (Lipinski definition) is 1. The molecule has 10 heavy (non-hydrogen) atoms. The van der Waals surface area contributed by atoms with Crippen molar-refractivity contribution >= 4 is 0 Å². The lowest BCUT2D eigenvalue weighted by Crippen LogP contribution is -2.33. The number of rotatable bonds is 4. The van der Waals surface area contributed by atoms with Crippen LogP contribution in [0.2, 0.25) is 0 Å². The van der Waals surface area contributed by atoms with E-state index in [0.717, 1.165) is 11.8 Å². The molecule has 0 amide bonds. The first kappa shape index (κ1) is 7.80. The van der Waals surface area contributed by atoms with E-state index in [1.54, 1.807) is 0 Å². The molecular weight excluding hydrogens is 122 g/mol. The van der Waals surface area contributed by atoms with E-state index in [1.807, 2.05) is 13.1 Å². The van der Waals surface area contributed by atoms with Crippen molar-refractivity contribution in [3.8, 4) is 0 Å². The Bertz CT molecular complexity index is 109. The minimum absolute atomic E-state index is 0.933. The van der Waals surface area contributed by atoms with E-state index in [2.05, 4.69) is 11.9 Å². The van der Waals surface area contributed by atoms with E-state index >= 15 is 0 Å². The number of hydrogen-bond acceptors (Lipinski definition) is 1. The van der Waals surface area contributed by atoms with Gasteiger partial charge in [0, 0.05) is 0 Å². The SMILES string of the molecule is C=CCC1CCC1CNC. The zero-order valence-corrected chi connectivity index (χ0v) is 6.77. The monoisotopic (exact) mass is 139 g/mol. The molecule has 0 radical (unpaired) electrons. The largest absolute Gasteiger partial charge is 0.319 e. The van der Waals surface area contributed by atoms with Crippen molar-refractivity contribution in [2.75, 3.05) is 13.6 Å². The topological polar surface area (TPSA) is 12.0 Å². The fourth-order valence-electron chi connectivity index (χ4n) is 1.69. The maximum absolute atomic E-state index is 3.76. The summed E-state index contributed by atoms with van der Waals surface area (Å²) in [6.07, 6.45) is 6.09. The second kappa shape index (κ2) is 3.77. The minimum atomic E-state index is 0.933. The third-order valence-corrected chi connectivity index (χ3v) is 2.51. The van der Waals surface area contributed by atoms with Gasteiger partial charge in [-0.05, 0) is 44.7 Å². The molecule has 2 unspecified atom stereocenters. The fourth-order valence-corrected chi connectivity index (χ4v) is 1.69. The molecule has 1 rings (SSSR count). The maximum Gasteiger partial charge on any atom is -0.00208 e. The van der Waals surface area contributed by atoms with Gasteiger partial charge in [0.1, 0.15) is 0 Å². The molecule has 1 heteroatoms. The molecular formula is C9H17N. The first-order valence-electron chi connectivity index (χ1n) is 4.14. The number of allylic oxidation sites excluding steroid dienone is 1. The molecule has 1 fully saturated rings. The zero-order valence-electron chi connectivity index (χ0n) is 6.77. The van der Waals surface area contributed by atoms with Crippen molar-refractivity contribution in [3.63, 3.8) is 0 Å². The van der Waals surface area contributed by atoms with Crippen LogP contribution in [-0.2, 0) is 0 Å². The van der Waals surface area contributed by atoms with E-state index in [0.29, 0.717) is 0 Å². The Balaban J connectivity index is 2.15. The summed E-state index contributed by atoms with van der Waals surface area (Å²) in [5.41, 5.74) is 0. The van der Waals surface area contributed by atoms with Crippen LogP contribution in [0.25, 0.3) is 0 Å². The van der Waals surface area contributed by atoms with Crippen molar-refractivity contribution in [2.45, 2.75) is 19.3 Å². The van der Waals surface area contributed by atoms with Gasteiger partial charge in [-0.1, -0.05) is 6.08 Å². The van der Waals surface area contributed by atoms with Crippen LogP contribution in [0.1, 0.15) is 19.3 Å². The second-order valence-corrected chi connectivity index (χ2v) is 3.18. The van der Waals surface area contributed by atoms with Gasteiger partial charge in [0.05, 0.1) is 0 Å². The highest BCUT2D eigenvalue weighted by Gasteiger charge is 2.28. The van der Waals surface area contributed by atoms with E-state index in [-0.39, 0.29) is 0 Å². The molecule has 0 saturated heterocycles. The van der Waals surface area contributed by atoms with Crippen molar-refractivity contribution in [1.29, 1.82) is 0 Å². The molecule has 1 aliphatic rings. The van der Waals surface area contributed by atoms with Crippen molar-refractivity contribution < 1.29 is 0 Å².